The van der Waals surface area contributed by atoms with Gasteiger partial charge in [-0.3, -0.25) is 4.98 Å². The van der Waals surface area contributed by atoms with E-state index in [9.17, 15) is 18.3 Å². The molecule has 0 aliphatic heterocycles. The van der Waals surface area contributed by atoms with Crippen molar-refractivity contribution in [2.24, 2.45) is 5.73 Å². The standard InChI is InChI=1S/C11H9F3N2O/c12-11(13,14)10(15)7-4-6-2-1-3-16-8(6)5-9(7)17/h1-5,10,17H,15H2/t10-/m0/s1. The van der Waals surface area contributed by atoms with Gasteiger partial charge in [-0.2, -0.15) is 13.2 Å². The molecule has 0 aliphatic carbocycles. The second kappa shape index (κ2) is 3.89. The van der Waals surface area contributed by atoms with E-state index in [2.05, 4.69) is 4.98 Å². The summed E-state index contributed by atoms with van der Waals surface area (Å²) in [5.74, 6) is -0.499. The summed E-state index contributed by atoms with van der Waals surface area (Å²) in [4.78, 5) is 3.92. The predicted octanol–water partition coefficient (Wildman–Crippen LogP) is 2.50. The fraction of sp³-hybridized carbons (Fsp3) is 0.182. The first-order valence-electron chi connectivity index (χ1n) is 4.79. The van der Waals surface area contributed by atoms with Crippen LogP contribution in [0.3, 0.4) is 0 Å². The van der Waals surface area contributed by atoms with Crippen LogP contribution in [0.15, 0.2) is 30.5 Å². The molecule has 90 valence electrons. The monoisotopic (exact) mass is 242 g/mol. The lowest BCUT2D eigenvalue weighted by molar-refractivity contribution is -0.149. The average molecular weight is 242 g/mol. The predicted molar refractivity (Wildman–Crippen MR) is 56.4 cm³/mol. The SMILES string of the molecule is N[C@@H](c1cc2cccnc2cc1O)C(F)(F)F. The molecule has 2 rings (SSSR count). The lowest BCUT2D eigenvalue weighted by Gasteiger charge is -2.17. The highest BCUT2D eigenvalue weighted by Crippen LogP contribution is 2.36. The van der Waals surface area contributed by atoms with Crippen LogP contribution in [0.1, 0.15) is 11.6 Å². The van der Waals surface area contributed by atoms with Crippen molar-refractivity contribution in [3.05, 3.63) is 36.0 Å². The Kier molecular flexibility index (Phi) is 2.66. The zero-order valence-corrected chi connectivity index (χ0v) is 8.57. The van der Waals surface area contributed by atoms with E-state index in [1.54, 1.807) is 12.1 Å². The molecule has 1 aromatic heterocycles. The van der Waals surface area contributed by atoms with Gasteiger partial charge in [-0.1, -0.05) is 6.07 Å². The third-order valence-corrected chi connectivity index (χ3v) is 2.44. The molecule has 1 heterocycles. The van der Waals surface area contributed by atoms with Gasteiger partial charge in [-0.25, -0.2) is 0 Å². The number of nitrogens with two attached hydrogens (primary N) is 1. The van der Waals surface area contributed by atoms with E-state index >= 15 is 0 Å². The number of benzene rings is 1. The van der Waals surface area contributed by atoms with Crippen molar-refractivity contribution >= 4 is 10.9 Å². The minimum Gasteiger partial charge on any atom is -0.508 e. The molecule has 0 radical (unpaired) electrons. The maximum Gasteiger partial charge on any atom is 0.407 e. The van der Waals surface area contributed by atoms with Gasteiger partial charge in [0.25, 0.3) is 0 Å². The second-order valence-corrected chi connectivity index (χ2v) is 3.63. The fourth-order valence-electron chi connectivity index (χ4n) is 1.55. The first-order chi connectivity index (χ1) is 7.89. The number of aromatic hydroxyl groups is 1. The molecule has 0 fully saturated rings. The first-order valence-corrected chi connectivity index (χ1v) is 4.79. The number of pyridine rings is 1. The van der Waals surface area contributed by atoms with E-state index in [0.717, 1.165) is 0 Å². The lowest BCUT2D eigenvalue weighted by Crippen LogP contribution is -2.28. The molecule has 1 aromatic carbocycles. The van der Waals surface area contributed by atoms with E-state index in [1.165, 1.54) is 18.3 Å². The molecule has 2 aromatic rings. The summed E-state index contributed by atoms with van der Waals surface area (Å²) in [6.45, 7) is 0. The van der Waals surface area contributed by atoms with E-state index in [1.807, 2.05) is 0 Å². The van der Waals surface area contributed by atoms with E-state index < -0.39 is 18.0 Å². The van der Waals surface area contributed by atoms with Crippen molar-refractivity contribution in [3.8, 4) is 5.75 Å². The first kappa shape index (κ1) is 11.7. The van der Waals surface area contributed by atoms with Gasteiger partial charge in [0.15, 0.2) is 0 Å². The van der Waals surface area contributed by atoms with Gasteiger partial charge in [-0.05, 0) is 12.1 Å². The smallest absolute Gasteiger partial charge is 0.407 e. The van der Waals surface area contributed by atoms with E-state index in [-0.39, 0.29) is 5.56 Å². The minimum atomic E-state index is -4.59. The number of aromatic nitrogens is 1. The number of alkyl halides is 3. The highest BCUT2D eigenvalue weighted by Gasteiger charge is 2.39. The molecule has 0 saturated carbocycles. The van der Waals surface area contributed by atoms with Crippen molar-refractivity contribution in [1.29, 1.82) is 0 Å². The number of hydrogen-bond acceptors (Lipinski definition) is 3. The molecular weight excluding hydrogens is 233 g/mol. The maximum atomic E-state index is 12.5. The van der Waals surface area contributed by atoms with Gasteiger partial charge >= 0.3 is 6.18 Å². The topological polar surface area (TPSA) is 59.1 Å². The van der Waals surface area contributed by atoms with Crippen molar-refractivity contribution in [2.75, 3.05) is 0 Å². The zero-order chi connectivity index (χ0) is 12.6. The van der Waals surface area contributed by atoms with Crippen LogP contribution in [-0.4, -0.2) is 16.3 Å². The molecule has 0 aliphatic rings. The summed E-state index contributed by atoms with van der Waals surface area (Å²) in [6, 6.07) is 3.38. The van der Waals surface area contributed by atoms with Gasteiger partial charge in [-0.15, -0.1) is 0 Å². The number of hydrogen-bond donors (Lipinski definition) is 2. The van der Waals surface area contributed by atoms with Gasteiger partial charge in [0.2, 0.25) is 0 Å². The van der Waals surface area contributed by atoms with Crippen LogP contribution >= 0.6 is 0 Å². The number of fused-ring (bicyclic) bond motifs is 1. The molecule has 0 amide bonds. The summed E-state index contributed by atoms with van der Waals surface area (Å²) >= 11 is 0. The van der Waals surface area contributed by atoms with E-state index in [0.29, 0.717) is 10.9 Å². The van der Waals surface area contributed by atoms with Crippen molar-refractivity contribution in [2.45, 2.75) is 12.2 Å². The minimum absolute atomic E-state index is 0.349. The normalized spacial score (nSPS) is 13.9. The van der Waals surface area contributed by atoms with Gasteiger partial charge < -0.3 is 10.8 Å². The highest BCUT2D eigenvalue weighted by molar-refractivity contribution is 5.81. The third kappa shape index (κ3) is 2.16. The fourth-order valence-corrected chi connectivity index (χ4v) is 1.55. The van der Waals surface area contributed by atoms with Crippen LogP contribution < -0.4 is 5.73 Å². The van der Waals surface area contributed by atoms with Crippen molar-refractivity contribution < 1.29 is 18.3 Å². The molecule has 0 saturated heterocycles. The molecule has 3 N–H and O–H groups in total. The Morgan fingerprint density at radius 3 is 2.65 bits per heavy atom. The number of rotatable bonds is 1. The summed E-state index contributed by atoms with van der Waals surface area (Å²) < 4.78 is 37.4. The van der Waals surface area contributed by atoms with Crippen LogP contribution in [0.2, 0.25) is 0 Å². The number of phenolic OH excluding ortho intramolecular Hbond substituents is 1. The summed E-state index contributed by atoms with van der Waals surface area (Å²) in [5.41, 5.74) is 5.13. The molecule has 0 bridgehead atoms. The summed E-state index contributed by atoms with van der Waals surface area (Å²) in [6.07, 6.45) is -3.10. The molecule has 17 heavy (non-hydrogen) atoms. The van der Waals surface area contributed by atoms with Crippen LogP contribution in [0.25, 0.3) is 10.9 Å². The van der Waals surface area contributed by atoms with Crippen molar-refractivity contribution in [3.63, 3.8) is 0 Å². The molecule has 0 unspecified atom stereocenters. The lowest BCUT2D eigenvalue weighted by atomic mass is 10.0. The molecule has 3 nitrogen and oxygen atoms in total. The molecule has 6 heteroatoms. The van der Waals surface area contributed by atoms with Gasteiger partial charge in [0.1, 0.15) is 11.8 Å². The quantitative estimate of drug-likeness (QED) is 0.807. The Hall–Kier alpha value is -1.82. The Morgan fingerprint density at radius 1 is 1.29 bits per heavy atom. The van der Waals surface area contributed by atoms with Gasteiger partial charge in [0, 0.05) is 23.2 Å². The maximum absolute atomic E-state index is 12.5. The Bertz CT molecular complexity index is 554. The van der Waals surface area contributed by atoms with Gasteiger partial charge in [0.05, 0.1) is 5.52 Å². The zero-order valence-electron chi connectivity index (χ0n) is 8.57. The van der Waals surface area contributed by atoms with Crippen LogP contribution in [0.4, 0.5) is 13.2 Å². The Balaban J connectivity index is 2.58. The Morgan fingerprint density at radius 2 is 2.00 bits per heavy atom. The molecule has 0 spiro atoms. The van der Waals surface area contributed by atoms with Crippen LogP contribution in [0, 0.1) is 0 Å². The number of halogens is 3. The number of phenols is 1. The second-order valence-electron chi connectivity index (χ2n) is 3.63. The Labute approximate surface area is 94.7 Å². The van der Waals surface area contributed by atoms with Crippen LogP contribution in [-0.2, 0) is 0 Å². The van der Waals surface area contributed by atoms with E-state index in [4.69, 9.17) is 5.73 Å². The molecular formula is C11H9F3N2O. The summed E-state index contributed by atoms with van der Waals surface area (Å²) in [7, 11) is 0. The van der Waals surface area contributed by atoms with Crippen molar-refractivity contribution in [1.82, 2.24) is 4.98 Å². The largest absolute Gasteiger partial charge is 0.508 e. The highest BCUT2D eigenvalue weighted by atomic mass is 19.4. The average Bonchev–Trinajstić information content (AvgIpc) is 2.26. The van der Waals surface area contributed by atoms with Crippen LogP contribution in [0.5, 0.6) is 5.75 Å². The third-order valence-electron chi connectivity index (χ3n) is 2.44. The number of nitrogens with zero attached hydrogens (tertiary/aromatic N) is 1. The molecule has 1 atom stereocenters. The summed E-state index contributed by atoms with van der Waals surface area (Å²) in [5, 5.41) is 10.0.